The number of ether oxygens (including phenoxy) is 1. The Labute approximate surface area is 108 Å². The van der Waals surface area contributed by atoms with Gasteiger partial charge < -0.3 is 4.74 Å². The molecule has 0 atom stereocenters. The second-order valence-electron chi connectivity index (χ2n) is 4.26. The molecule has 0 N–H and O–H groups in total. The van der Waals surface area contributed by atoms with Gasteiger partial charge in [-0.2, -0.15) is 0 Å². The summed E-state index contributed by atoms with van der Waals surface area (Å²) < 4.78 is 5.05. The first kappa shape index (κ1) is 14.2. The second-order valence-corrected chi connectivity index (χ2v) is 4.26. The van der Waals surface area contributed by atoms with Crippen LogP contribution in [0.5, 0.6) is 0 Å². The molecule has 1 aromatic rings. The molecule has 3 heteroatoms. The normalized spacial score (nSPS) is 12.1. The van der Waals surface area contributed by atoms with Crippen LogP contribution in [-0.4, -0.2) is 31.7 Å². The molecule has 0 spiro atoms. The average Bonchev–Trinajstić information content (AvgIpc) is 2.37. The fraction of sp³-hybridized carbons (Fsp3) is 0.267. The number of allylic oxidation sites excluding steroid dienone is 2. The summed E-state index contributed by atoms with van der Waals surface area (Å²) in [5.41, 5.74) is 1.69. The minimum atomic E-state index is -0.290. The van der Waals surface area contributed by atoms with Crippen molar-refractivity contribution in [3.05, 3.63) is 53.6 Å². The molecule has 96 valence electrons. The standard InChI is InChI=1S/C15H19NO2/c1-13(15(17)18-12-16(2)3)8-7-11-14-9-5-4-6-10-14/h4-11H,12H2,1-3H3. The van der Waals surface area contributed by atoms with Gasteiger partial charge in [-0.25, -0.2) is 4.79 Å². The van der Waals surface area contributed by atoms with Crippen molar-refractivity contribution >= 4 is 12.0 Å². The van der Waals surface area contributed by atoms with Crippen LogP contribution in [0.2, 0.25) is 0 Å². The molecule has 0 fully saturated rings. The van der Waals surface area contributed by atoms with E-state index in [2.05, 4.69) is 0 Å². The highest BCUT2D eigenvalue weighted by Crippen LogP contribution is 2.03. The van der Waals surface area contributed by atoms with E-state index in [9.17, 15) is 4.79 Å². The largest absolute Gasteiger partial charge is 0.446 e. The molecule has 0 aliphatic carbocycles. The topological polar surface area (TPSA) is 29.5 Å². The molecule has 18 heavy (non-hydrogen) atoms. The molecular weight excluding hydrogens is 226 g/mol. The van der Waals surface area contributed by atoms with Crippen LogP contribution in [0.1, 0.15) is 12.5 Å². The molecule has 0 aliphatic heterocycles. The zero-order valence-electron chi connectivity index (χ0n) is 11.1. The van der Waals surface area contributed by atoms with E-state index < -0.39 is 0 Å². The van der Waals surface area contributed by atoms with Crippen molar-refractivity contribution in [2.45, 2.75) is 6.92 Å². The van der Waals surface area contributed by atoms with Gasteiger partial charge in [-0.05, 0) is 26.6 Å². The van der Waals surface area contributed by atoms with Crippen molar-refractivity contribution in [1.29, 1.82) is 0 Å². The van der Waals surface area contributed by atoms with E-state index in [4.69, 9.17) is 4.74 Å². The Kier molecular flexibility index (Phi) is 5.88. The molecule has 0 aromatic heterocycles. The van der Waals surface area contributed by atoms with Crippen molar-refractivity contribution in [2.24, 2.45) is 0 Å². The highest BCUT2D eigenvalue weighted by atomic mass is 16.5. The number of hydrogen-bond donors (Lipinski definition) is 0. The summed E-state index contributed by atoms with van der Waals surface area (Å²) in [5, 5.41) is 0. The molecule has 0 bridgehead atoms. The summed E-state index contributed by atoms with van der Waals surface area (Å²) in [6.45, 7) is 2.04. The van der Waals surface area contributed by atoms with Crippen LogP contribution in [-0.2, 0) is 9.53 Å². The van der Waals surface area contributed by atoms with Crippen LogP contribution in [0, 0.1) is 0 Å². The van der Waals surface area contributed by atoms with Gasteiger partial charge in [0.2, 0.25) is 0 Å². The molecule has 0 radical (unpaired) electrons. The van der Waals surface area contributed by atoms with Gasteiger partial charge in [-0.3, -0.25) is 4.90 Å². The maximum atomic E-state index is 11.5. The Morgan fingerprint density at radius 2 is 1.94 bits per heavy atom. The Balaban J connectivity index is 2.51. The Bertz CT molecular complexity index is 433. The lowest BCUT2D eigenvalue weighted by atomic mass is 10.2. The average molecular weight is 245 g/mol. The zero-order chi connectivity index (χ0) is 13.4. The van der Waals surface area contributed by atoms with Crippen LogP contribution in [0.15, 0.2) is 48.1 Å². The molecule has 0 saturated heterocycles. The molecule has 0 amide bonds. The first-order valence-electron chi connectivity index (χ1n) is 5.81. The first-order chi connectivity index (χ1) is 8.59. The molecule has 1 aromatic carbocycles. The lowest BCUT2D eigenvalue weighted by molar-refractivity contribution is -0.142. The number of hydrogen-bond acceptors (Lipinski definition) is 3. The Hall–Kier alpha value is -1.87. The third-order valence-corrected chi connectivity index (χ3v) is 2.21. The van der Waals surface area contributed by atoms with Crippen molar-refractivity contribution in [2.75, 3.05) is 20.8 Å². The number of esters is 1. The zero-order valence-corrected chi connectivity index (χ0v) is 11.1. The lowest BCUT2D eigenvalue weighted by Crippen LogP contribution is -2.19. The van der Waals surface area contributed by atoms with Crippen molar-refractivity contribution in [3.8, 4) is 0 Å². The van der Waals surface area contributed by atoms with Crippen molar-refractivity contribution in [3.63, 3.8) is 0 Å². The predicted octanol–water partition coefficient (Wildman–Crippen LogP) is 2.71. The van der Waals surface area contributed by atoms with Crippen LogP contribution in [0.4, 0.5) is 0 Å². The molecule has 3 nitrogen and oxygen atoms in total. The molecule has 0 aliphatic rings. The van der Waals surface area contributed by atoms with E-state index in [-0.39, 0.29) is 5.97 Å². The van der Waals surface area contributed by atoms with Crippen LogP contribution < -0.4 is 0 Å². The van der Waals surface area contributed by atoms with Crippen LogP contribution in [0.3, 0.4) is 0 Å². The Morgan fingerprint density at radius 1 is 1.28 bits per heavy atom. The number of rotatable bonds is 5. The maximum absolute atomic E-state index is 11.5. The maximum Gasteiger partial charge on any atom is 0.335 e. The molecule has 0 saturated carbocycles. The van der Waals surface area contributed by atoms with Crippen LogP contribution in [0.25, 0.3) is 6.08 Å². The SMILES string of the molecule is CC(=CC=Cc1ccccc1)C(=O)OCN(C)C. The lowest BCUT2D eigenvalue weighted by Gasteiger charge is -2.09. The molecule has 0 heterocycles. The molecule has 1 rings (SSSR count). The highest BCUT2D eigenvalue weighted by molar-refractivity contribution is 5.88. The van der Waals surface area contributed by atoms with E-state index in [1.54, 1.807) is 17.9 Å². The third kappa shape index (κ3) is 5.46. The smallest absolute Gasteiger partial charge is 0.335 e. The molecular formula is C15H19NO2. The van der Waals surface area contributed by atoms with Gasteiger partial charge in [0.25, 0.3) is 0 Å². The van der Waals surface area contributed by atoms with E-state index in [1.807, 2.05) is 56.6 Å². The van der Waals surface area contributed by atoms with Gasteiger partial charge in [0.15, 0.2) is 0 Å². The fourth-order valence-corrected chi connectivity index (χ4v) is 1.24. The van der Waals surface area contributed by atoms with Crippen molar-refractivity contribution < 1.29 is 9.53 Å². The van der Waals surface area contributed by atoms with E-state index in [0.29, 0.717) is 12.3 Å². The summed E-state index contributed by atoms with van der Waals surface area (Å²) in [6, 6.07) is 9.92. The predicted molar refractivity (Wildman–Crippen MR) is 73.9 cm³/mol. The van der Waals surface area contributed by atoms with E-state index in [1.165, 1.54) is 0 Å². The monoisotopic (exact) mass is 245 g/mol. The second kappa shape index (κ2) is 7.45. The number of benzene rings is 1. The molecule has 0 unspecified atom stereocenters. The van der Waals surface area contributed by atoms with E-state index >= 15 is 0 Å². The van der Waals surface area contributed by atoms with Gasteiger partial charge in [-0.15, -0.1) is 0 Å². The fourth-order valence-electron chi connectivity index (χ4n) is 1.24. The van der Waals surface area contributed by atoms with Gasteiger partial charge in [0.05, 0.1) is 0 Å². The Morgan fingerprint density at radius 3 is 2.56 bits per heavy atom. The number of nitrogens with zero attached hydrogens (tertiary/aromatic N) is 1. The van der Waals surface area contributed by atoms with Crippen molar-refractivity contribution in [1.82, 2.24) is 4.90 Å². The van der Waals surface area contributed by atoms with Gasteiger partial charge in [0.1, 0.15) is 6.73 Å². The summed E-state index contributed by atoms with van der Waals surface area (Å²) in [6.07, 6.45) is 5.55. The van der Waals surface area contributed by atoms with Gasteiger partial charge >= 0.3 is 5.97 Å². The highest BCUT2D eigenvalue weighted by Gasteiger charge is 2.04. The minimum Gasteiger partial charge on any atom is -0.446 e. The number of carbonyl (C=O) groups excluding carboxylic acids is 1. The summed E-state index contributed by atoms with van der Waals surface area (Å²) >= 11 is 0. The first-order valence-corrected chi connectivity index (χ1v) is 5.81. The summed E-state index contributed by atoms with van der Waals surface area (Å²) in [7, 11) is 3.70. The van der Waals surface area contributed by atoms with Gasteiger partial charge in [-0.1, -0.05) is 48.6 Å². The quantitative estimate of drug-likeness (QED) is 0.346. The van der Waals surface area contributed by atoms with E-state index in [0.717, 1.165) is 5.56 Å². The summed E-state index contributed by atoms with van der Waals surface area (Å²) in [5.74, 6) is -0.290. The third-order valence-electron chi connectivity index (χ3n) is 2.21. The minimum absolute atomic E-state index is 0.290. The number of carbonyl (C=O) groups is 1. The summed E-state index contributed by atoms with van der Waals surface area (Å²) in [4.78, 5) is 13.3. The van der Waals surface area contributed by atoms with Gasteiger partial charge in [0, 0.05) is 5.57 Å². The van der Waals surface area contributed by atoms with Crippen LogP contribution >= 0.6 is 0 Å².